The fourth-order valence-corrected chi connectivity index (χ4v) is 4.64. The summed E-state index contributed by atoms with van der Waals surface area (Å²) in [5.74, 6) is -3.76. The number of carbonyl (C=O) groups is 1. The largest absolute Gasteiger partial charge is 0.416 e. The third kappa shape index (κ3) is 6.65. The molecule has 2 nitrogen and oxygen atoms in total. The van der Waals surface area contributed by atoms with Crippen molar-refractivity contribution in [2.24, 2.45) is 0 Å². The third-order valence-electron chi connectivity index (χ3n) is 6.72. The molecule has 206 valence electrons. The van der Waals surface area contributed by atoms with Gasteiger partial charge in [-0.2, -0.15) is 13.2 Å². The van der Waals surface area contributed by atoms with Crippen LogP contribution in [0.2, 0.25) is 0 Å². The second-order valence-electron chi connectivity index (χ2n) is 9.81. The van der Waals surface area contributed by atoms with Gasteiger partial charge >= 0.3 is 6.18 Å². The molecule has 0 heterocycles. The first kappa shape index (κ1) is 28.7. The molecule has 0 aliphatic carbocycles. The van der Waals surface area contributed by atoms with E-state index in [9.17, 15) is 26.7 Å². The van der Waals surface area contributed by atoms with Crippen molar-refractivity contribution in [3.05, 3.63) is 148 Å². The lowest BCUT2D eigenvalue weighted by atomic mass is 9.76. The Morgan fingerprint density at radius 1 is 0.700 bits per heavy atom. The summed E-state index contributed by atoms with van der Waals surface area (Å²) < 4.78 is 70.5. The molecule has 40 heavy (non-hydrogen) atoms. The van der Waals surface area contributed by atoms with Crippen molar-refractivity contribution in [2.75, 3.05) is 0 Å². The van der Waals surface area contributed by atoms with E-state index in [0.29, 0.717) is 11.1 Å². The number of carbonyl (C=O) groups excluding carboxylic acids is 1. The lowest BCUT2D eigenvalue weighted by molar-refractivity contribution is -0.137. The first-order valence-electron chi connectivity index (χ1n) is 12.6. The Morgan fingerprint density at radius 2 is 1.20 bits per heavy atom. The quantitative estimate of drug-likeness (QED) is 0.173. The molecule has 0 saturated carbocycles. The van der Waals surface area contributed by atoms with Gasteiger partial charge in [0.1, 0.15) is 0 Å². The average Bonchev–Trinajstić information content (AvgIpc) is 2.93. The molecule has 0 bridgehead atoms. The van der Waals surface area contributed by atoms with Crippen LogP contribution >= 0.6 is 0 Å². The Labute approximate surface area is 230 Å². The van der Waals surface area contributed by atoms with E-state index >= 15 is 0 Å². The van der Waals surface area contributed by atoms with Crippen LogP contribution in [0.4, 0.5) is 22.0 Å². The molecule has 4 aromatic carbocycles. The summed E-state index contributed by atoms with van der Waals surface area (Å²) in [6.07, 6.45) is -2.98. The number of hydrogen-bond donors (Lipinski definition) is 1. The van der Waals surface area contributed by atoms with E-state index in [-0.39, 0.29) is 23.1 Å². The van der Waals surface area contributed by atoms with E-state index in [2.05, 4.69) is 5.32 Å². The van der Waals surface area contributed by atoms with Gasteiger partial charge in [0.05, 0.1) is 11.1 Å². The normalized spacial score (nSPS) is 13.9. The zero-order valence-corrected chi connectivity index (χ0v) is 22.0. The van der Waals surface area contributed by atoms with Crippen LogP contribution in [0.25, 0.3) is 6.08 Å². The Balaban J connectivity index is 1.96. The van der Waals surface area contributed by atoms with Gasteiger partial charge in [0.25, 0.3) is 5.92 Å². The standard InChI is InChI=1S/C33H28F5NO/c1-23(19-24-11-5-3-6-12-24)30(40)39-32(22-25-13-7-4-8-14-25,27-16-9-15-26(20-27)31(2,34)35)28-17-10-18-29(21-28)33(36,37)38/h3-21H,22H2,1-2H3,(H,39,40)/b23-19+. The summed E-state index contributed by atoms with van der Waals surface area (Å²) >= 11 is 0. The van der Waals surface area contributed by atoms with Crippen LogP contribution in [0.3, 0.4) is 0 Å². The third-order valence-corrected chi connectivity index (χ3v) is 6.72. The zero-order valence-electron chi connectivity index (χ0n) is 22.0. The minimum atomic E-state index is -4.65. The van der Waals surface area contributed by atoms with E-state index in [1.54, 1.807) is 49.4 Å². The van der Waals surface area contributed by atoms with Crippen LogP contribution < -0.4 is 5.32 Å². The van der Waals surface area contributed by atoms with Crippen LogP contribution in [0.15, 0.2) is 115 Å². The molecule has 0 fully saturated rings. The number of alkyl halides is 5. The molecular weight excluding hydrogens is 521 g/mol. The molecule has 7 heteroatoms. The predicted molar refractivity (Wildman–Crippen MR) is 147 cm³/mol. The van der Waals surface area contributed by atoms with Crippen LogP contribution in [0.5, 0.6) is 0 Å². The molecule has 0 aliphatic rings. The number of nitrogens with one attached hydrogen (secondary N) is 1. The molecule has 0 spiro atoms. The zero-order chi connectivity index (χ0) is 29.0. The monoisotopic (exact) mass is 549 g/mol. The molecule has 0 radical (unpaired) electrons. The van der Waals surface area contributed by atoms with Gasteiger partial charge in [-0.25, -0.2) is 8.78 Å². The summed E-state index contributed by atoms with van der Waals surface area (Å²) in [6, 6.07) is 28.1. The maximum atomic E-state index is 14.5. The van der Waals surface area contributed by atoms with Crippen molar-refractivity contribution >= 4 is 12.0 Å². The van der Waals surface area contributed by atoms with Crippen molar-refractivity contribution in [1.82, 2.24) is 5.32 Å². The lowest BCUT2D eigenvalue weighted by Crippen LogP contribution is -2.49. The maximum absolute atomic E-state index is 14.5. The lowest BCUT2D eigenvalue weighted by Gasteiger charge is -2.37. The van der Waals surface area contributed by atoms with Crippen molar-refractivity contribution < 1.29 is 26.7 Å². The van der Waals surface area contributed by atoms with E-state index in [4.69, 9.17) is 0 Å². The second-order valence-corrected chi connectivity index (χ2v) is 9.81. The number of benzene rings is 4. The number of amides is 1. The van der Waals surface area contributed by atoms with Gasteiger partial charge in [0.15, 0.2) is 0 Å². The van der Waals surface area contributed by atoms with Crippen molar-refractivity contribution in [3.63, 3.8) is 0 Å². The Hall–Kier alpha value is -4.26. The molecule has 4 aromatic rings. The minimum absolute atomic E-state index is 0.0121. The van der Waals surface area contributed by atoms with Crippen molar-refractivity contribution in [1.29, 1.82) is 0 Å². The molecule has 4 rings (SSSR count). The van der Waals surface area contributed by atoms with Crippen molar-refractivity contribution in [3.8, 4) is 0 Å². The summed E-state index contributed by atoms with van der Waals surface area (Å²) in [5.41, 5.74) is -0.751. The summed E-state index contributed by atoms with van der Waals surface area (Å²) in [4.78, 5) is 13.7. The van der Waals surface area contributed by atoms with Crippen LogP contribution in [-0.4, -0.2) is 5.91 Å². The van der Waals surface area contributed by atoms with Crippen LogP contribution in [0.1, 0.15) is 47.2 Å². The smallest absolute Gasteiger partial charge is 0.338 e. The summed E-state index contributed by atoms with van der Waals surface area (Å²) in [6.45, 7) is 2.35. The Morgan fingerprint density at radius 3 is 1.75 bits per heavy atom. The Bertz CT molecular complexity index is 1430. The first-order valence-corrected chi connectivity index (χ1v) is 12.6. The number of hydrogen-bond acceptors (Lipinski definition) is 1. The summed E-state index contributed by atoms with van der Waals surface area (Å²) in [7, 11) is 0. The molecule has 1 N–H and O–H groups in total. The van der Waals surface area contributed by atoms with Gasteiger partial charge in [0.2, 0.25) is 5.91 Å². The first-order chi connectivity index (χ1) is 18.9. The topological polar surface area (TPSA) is 29.1 Å². The highest BCUT2D eigenvalue weighted by atomic mass is 19.4. The highest BCUT2D eigenvalue weighted by molar-refractivity contribution is 5.98. The fourth-order valence-electron chi connectivity index (χ4n) is 4.64. The van der Waals surface area contributed by atoms with Gasteiger partial charge in [-0.1, -0.05) is 91.0 Å². The molecule has 1 amide bonds. The molecule has 0 aliphatic heterocycles. The Kier molecular flexibility index (Phi) is 8.24. The average molecular weight is 550 g/mol. The number of rotatable bonds is 8. The summed E-state index contributed by atoms with van der Waals surface area (Å²) in [5, 5.41) is 2.97. The van der Waals surface area contributed by atoms with Gasteiger partial charge in [-0.15, -0.1) is 0 Å². The molecular formula is C33H28F5NO. The predicted octanol–water partition coefficient (Wildman–Crippen LogP) is 8.52. The minimum Gasteiger partial charge on any atom is -0.338 e. The second kappa shape index (κ2) is 11.5. The van der Waals surface area contributed by atoms with Gasteiger partial charge in [-0.05, 0) is 53.5 Å². The molecule has 1 atom stereocenters. The van der Waals surface area contributed by atoms with E-state index in [1.165, 1.54) is 30.3 Å². The van der Waals surface area contributed by atoms with Crippen molar-refractivity contribution in [2.45, 2.75) is 37.9 Å². The number of halogens is 5. The van der Waals surface area contributed by atoms with Gasteiger partial charge in [0, 0.05) is 24.5 Å². The SMILES string of the molecule is C/C(=C\c1ccccc1)C(=O)NC(Cc1ccccc1)(c1cccc(C(C)(F)F)c1)c1cccc(C(F)(F)F)c1. The van der Waals surface area contributed by atoms with E-state index in [1.807, 2.05) is 30.3 Å². The van der Waals surface area contributed by atoms with E-state index in [0.717, 1.165) is 24.6 Å². The fraction of sp³-hybridized carbons (Fsp3) is 0.182. The van der Waals surface area contributed by atoms with Gasteiger partial charge < -0.3 is 5.32 Å². The molecule has 0 saturated heterocycles. The van der Waals surface area contributed by atoms with Crippen LogP contribution in [0, 0.1) is 0 Å². The van der Waals surface area contributed by atoms with Crippen LogP contribution in [-0.2, 0) is 28.9 Å². The molecule has 1 unspecified atom stereocenters. The molecule has 0 aromatic heterocycles. The van der Waals surface area contributed by atoms with E-state index < -0.39 is 29.1 Å². The highest BCUT2D eigenvalue weighted by Gasteiger charge is 2.40. The van der Waals surface area contributed by atoms with Gasteiger partial charge in [-0.3, -0.25) is 4.79 Å². The maximum Gasteiger partial charge on any atom is 0.416 e. The highest BCUT2D eigenvalue weighted by Crippen LogP contribution is 2.39.